The van der Waals surface area contributed by atoms with Crippen LogP contribution in [0.2, 0.25) is 0 Å². The smallest absolute Gasteiger partial charge is 0.242 e. The molecule has 0 aliphatic heterocycles. The van der Waals surface area contributed by atoms with Gasteiger partial charge in [-0.25, -0.2) is 4.98 Å². The van der Waals surface area contributed by atoms with E-state index in [2.05, 4.69) is 20.7 Å². The number of carbonyl (C=O) groups is 1. The molecular weight excluding hydrogens is 262 g/mol. The van der Waals surface area contributed by atoms with Crippen molar-refractivity contribution < 1.29 is 4.79 Å². The van der Waals surface area contributed by atoms with Crippen LogP contribution in [-0.4, -0.2) is 27.7 Å². The third-order valence-electron chi connectivity index (χ3n) is 2.72. The molecule has 0 aromatic carbocycles. The van der Waals surface area contributed by atoms with Gasteiger partial charge in [-0.1, -0.05) is 0 Å². The molecule has 1 unspecified atom stereocenters. The number of carbonyl (C=O) groups excluding carboxylic acids is 1. The Labute approximate surface area is 115 Å². The fourth-order valence-corrected chi connectivity index (χ4v) is 2.54. The highest BCUT2D eigenvalue weighted by molar-refractivity contribution is 7.11. The lowest BCUT2D eigenvalue weighted by Crippen LogP contribution is -2.35. The van der Waals surface area contributed by atoms with Crippen molar-refractivity contribution in [2.45, 2.75) is 19.5 Å². The molecule has 0 saturated carbocycles. The van der Waals surface area contributed by atoms with E-state index in [-0.39, 0.29) is 11.9 Å². The summed E-state index contributed by atoms with van der Waals surface area (Å²) in [4.78, 5) is 17.3. The fraction of sp³-hybridized carbons (Fsp3) is 0.417. The Balaban J connectivity index is 1.97. The van der Waals surface area contributed by atoms with Gasteiger partial charge in [-0.05, 0) is 14.0 Å². The summed E-state index contributed by atoms with van der Waals surface area (Å²) < 4.78 is 1.68. The minimum absolute atomic E-state index is 0.0680. The average molecular weight is 279 g/mol. The van der Waals surface area contributed by atoms with Crippen LogP contribution in [0.25, 0.3) is 0 Å². The van der Waals surface area contributed by atoms with Crippen molar-refractivity contribution in [1.82, 2.24) is 25.4 Å². The quantitative estimate of drug-likeness (QED) is 0.847. The molecule has 7 heteroatoms. The maximum Gasteiger partial charge on any atom is 0.242 e. The lowest BCUT2D eigenvalue weighted by atomic mass is 10.1. The number of aromatic nitrogens is 3. The molecule has 2 N–H and O–H groups in total. The number of rotatable bonds is 5. The number of nitrogens with zero attached hydrogens (tertiary/aromatic N) is 3. The van der Waals surface area contributed by atoms with Crippen LogP contribution in [0.4, 0.5) is 0 Å². The van der Waals surface area contributed by atoms with Gasteiger partial charge in [-0.2, -0.15) is 5.10 Å². The number of hydrogen-bond donors (Lipinski definition) is 2. The molecule has 0 aliphatic carbocycles. The number of hydrogen-bond acceptors (Lipinski definition) is 5. The predicted octanol–water partition coefficient (Wildman–Crippen LogP) is 0.762. The lowest BCUT2D eigenvalue weighted by molar-refractivity contribution is -0.123. The fourth-order valence-electron chi connectivity index (χ4n) is 1.80. The largest absolute Gasteiger partial charge is 0.349 e. The number of nitrogens with one attached hydrogen (secondary N) is 2. The van der Waals surface area contributed by atoms with Crippen molar-refractivity contribution in [1.29, 1.82) is 0 Å². The van der Waals surface area contributed by atoms with Crippen LogP contribution in [0.3, 0.4) is 0 Å². The highest BCUT2D eigenvalue weighted by atomic mass is 32.1. The van der Waals surface area contributed by atoms with Gasteiger partial charge in [-0.15, -0.1) is 11.3 Å². The second-order valence-corrected chi connectivity index (χ2v) is 5.55. The molecule has 19 heavy (non-hydrogen) atoms. The van der Waals surface area contributed by atoms with Gasteiger partial charge in [0.1, 0.15) is 6.04 Å². The Morgan fingerprint density at radius 3 is 2.84 bits per heavy atom. The van der Waals surface area contributed by atoms with E-state index in [1.54, 1.807) is 35.5 Å². The van der Waals surface area contributed by atoms with Gasteiger partial charge in [-0.3, -0.25) is 9.48 Å². The monoisotopic (exact) mass is 279 g/mol. The molecule has 0 fully saturated rings. The highest BCUT2D eigenvalue weighted by Crippen LogP contribution is 2.13. The van der Waals surface area contributed by atoms with Gasteiger partial charge >= 0.3 is 0 Å². The number of amides is 1. The summed E-state index contributed by atoms with van der Waals surface area (Å²) >= 11 is 1.59. The summed E-state index contributed by atoms with van der Waals surface area (Å²) in [6.45, 7) is 2.45. The standard InChI is InChI=1S/C12H17N5OS/c1-8-14-5-10(19-8)6-15-12(18)11(13-2)9-4-16-17(3)7-9/h4-5,7,11,13H,6H2,1-3H3,(H,15,18). The van der Waals surface area contributed by atoms with Crippen LogP contribution in [0.1, 0.15) is 21.5 Å². The summed E-state index contributed by atoms with van der Waals surface area (Å²) in [6, 6.07) is -0.386. The van der Waals surface area contributed by atoms with Crippen LogP contribution in [0.5, 0.6) is 0 Å². The number of likely N-dealkylation sites (N-methyl/N-ethyl adjacent to an activating group) is 1. The lowest BCUT2D eigenvalue weighted by Gasteiger charge is -2.13. The maximum atomic E-state index is 12.1. The van der Waals surface area contributed by atoms with Crippen molar-refractivity contribution in [3.05, 3.63) is 34.0 Å². The van der Waals surface area contributed by atoms with Crippen molar-refractivity contribution in [3.63, 3.8) is 0 Å². The van der Waals surface area contributed by atoms with Crippen LogP contribution in [0, 0.1) is 6.92 Å². The molecule has 2 aromatic rings. The normalized spacial score (nSPS) is 12.4. The Morgan fingerprint density at radius 1 is 1.53 bits per heavy atom. The topological polar surface area (TPSA) is 71.8 Å². The third-order valence-corrected chi connectivity index (χ3v) is 3.63. The molecule has 2 heterocycles. The SMILES string of the molecule is CNC(C(=O)NCc1cnc(C)s1)c1cnn(C)c1. The van der Waals surface area contributed by atoms with Gasteiger partial charge in [0.15, 0.2) is 0 Å². The Bertz CT molecular complexity index is 562. The summed E-state index contributed by atoms with van der Waals surface area (Å²) in [5.74, 6) is -0.0680. The summed E-state index contributed by atoms with van der Waals surface area (Å²) in [5.41, 5.74) is 0.850. The van der Waals surface area contributed by atoms with Gasteiger partial charge in [0.2, 0.25) is 5.91 Å². The Hall–Kier alpha value is -1.73. The molecule has 0 bridgehead atoms. The van der Waals surface area contributed by atoms with Crippen molar-refractivity contribution in [2.24, 2.45) is 7.05 Å². The minimum atomic E-state index is -0.386. The molecule has 1 amide bonds. The molecule has 0 radical (unpaired) electrons. The van der Waals surface area contributed by atoms with Crippen LogP contribution in [-0.2, 0) is 18.4 Å². The van der Waals surface area contributed by atoms with Gasteiger partial charge in [0.05, 0.1) is 17.7 Å². The first kappa shape index (κ1) is 13.7. The molecule has 102 valence electrons. The zero-order valence-corrected chi connectivity index (χ0v) is 12.0. The number of thiazole rings is 1. The second-order valence-electron chi connectivity index (χ2n) is 4.23. The van der Waals surface area contributed by atoms with Crippen LogP contribution in [0.15, 0.2) is 18.6 Å². The summed E-state index contributed by atoms with van der Waals surface area (Å²) in [5, 5.41) is 11.0. The molecule has 0 aliphatic rings. The first-order valence-corrected chi connectivity index (χ1v) is 6.76. The van der Waals surface area contributed by atoms with Crippen LogP contribution < -0.4 is 10.6 Å². The zero-order valence-electron chi connectivity index (χ0n) is 11.2. The van der Waals surface area contributed by atoms with E-state index in [0.29, 0.717) is 6.54 Å². The molecule has 1 atom stereocenters. The van der Waals surface area contributed by atoms with Crippen molar-refractivity contribution in [2.75, 3.05) is 7.05 Å². The minimum Gasteiger partial charge on any atom is -0.349 e. The summed E-state index contributed by atoms with van der Waals surface area (Å²) in [6.07, 6.45) is 5.31. The second kappa shape index (κ2) is 5.94. The molecule has 0 saturated heterocycles. The van der Waals surface area contributed by atoms with E-state index in [9.17, 15) is 4.79 Å². The molecule has 6 nitrogen and oxygen atoms in total. The zero-order chi connectivity index (χ0) is 13.8. The van der Waals surface area contributed by atoms with E-state index in [4.69, 9.17) is 0 Å². The highest BCUT2D eigenvalue weighted by Gasteiger charge is 2.19. The van der Waals surface area contributed by atoms with E-state index >= 15 is 0 Å². The van der Waals surface area contributed by atoms with Crippen molar-refractivity contribution >= 4 is 17.2 Å². The van der Waals surface area contributed by atoms with Gasteiger partial charge < -0.3 is 10.6 Å². The summed E-state index contributed by atoms with van der Waals surface area (Å²) in [7, 11) is 3.59. The van der Waals surface area contributed by atoms with Gasteiger partial charge in [0.25, 0.3) is 0 Å². The van der Waals surface area contributed by atoms with E-state index in [1.165, 1.54) is 0 Å². The van der Waals surface area contributed by atoms with E-state index < -0.39 is 0 Å². The third kappa shape index (κ3) is 3.39. The maximum absolute atomic E-state index is 12.1. The van der Waals surface area contributed by atoms with E-state index in [1.807, 2.05) is 20.2 Å². The average Bonchev–Trinajstić information content (AvgIpc) is 2.97. The molecular formula is C12H17N5OS. The Kier molecular flexibility index (Phi) is 4.28. The number of aryl methyl sites for hydroxylation is 2. The first-order valence-electron chi connectivity index (χ1n) is 5.95. The van der Waals surface area contributed by atoms with Crippen molar-refractivity contribution in [3.8, 4) is 0 Å². The molecule has 2 rings (SSSR count). The van der Waals surface area contributed by atoms with Gasteiger partial charge in [0, 0.05) is 29.9 Å². The van der Waals surface area contributed by atoms with E-state index in [0.717, 1.165) is 15.4 Å². The van der Waals surface area contributed by atoms with Crippen LogP contribution >= 0.6 is 11.3 Å². The molecule has 0 spiro atoms. The predicted molar refractivity (Wildman–Crippen MR) is 73.7 cm³/mol. The molecule has 2 aromatic heterocycles. The first-order chi connectivity index (χ1) is 9.10. The Morgan fingerprint density at radius 2 is 2.32 bits per heavy atom.